The number of carbonyl (C=O) groups excluding carboxylic acids is 2. The number of fused-ring (bicyclic) bond motifs is 2. The number of nitrogens with one attached hydrogen (secondary N) is 1. The molecule has 2 bridgehead atoms. The first-order chi connectivity index (χ1) is 12.8. The van der Waals surface area contributed by atoms with Gasteiger partial charge in [0.2, 0.25) is 0 Å². The van der Waals surface area contributed by atoms with Crippen molar-refractivity contribution in [1.82, 2.24) is 0 Å². The quantitative estimate of drug-likeness (QED) is 0.755. The molecule has 1 N–H and O–H groups in total. The van der Waals surface area contributed by atoms with Crippen LogP contribution in [0.15, 0.2) is 18.2 Å². The fourth-order valence-electron chi connectivity index (χ4n) is 4.50. The first-order valence-corrected chi connectivity index (χ1v) is 9.90. The van der Waals surface area contributed by atoms with Gasteiger partial charge in [-0.25, -0.2) is 0 Å². The average molecular weight is 373 g/mol. The summed E-state index contributed by atoms with van der Waals surface area (Å²) in [5.41, 5.74) is 1.64. The largest absolute Gasteiger partial charge is 0.495 e. The van der Waals surface area contributed by atoms with E-state index in [0.29, 0.717) is 29.7 Å². The summed E-state index contributed by atoms with van der Waals surface area (Å²) < 4.78 is 10.6. The average Bonchev–Trinajstić information content (AvgIpc) is 3.22. The molecule has 2 aliphatic carbocycles. The molecule has 0 aliphatic heterocycles. The van der Waals surface area contributed by atoms with Crippen LogP contribution in [-0.2, 0) is 19.7 Å². The summed E-state index contributed by atoms with van der Waals surface area (Å²) in [6.07, 6.45) is 5.41. The third kappa shape index (κ3) is 4.82. The number of anilines is 1. The first kappa shape index (κ1) is 19.7. The fraction of sp³-hybridized carbons (Fsp3) is 0.636. The molecule has 5 heteroatoms. The Labute approximate surface area is 161 Å². The van der Waals surface area contributed by atoms with Gasteiger partial charge in [0.05, 0.1) is 12.8 Å². The van der Waals surface area contributed by atoms with E-state index in [2.05, 4.69) is 26.1 Å². The molecule has 0 radical (unpaired) electrons. The van der Waals surface area contributed by atoms with E-state index in [0.717, 1.165) is 17.9 Å². The molecule has 1 amide bonds. The van der Waals surface area contributed by atoms with E-state index in [9.17, 15) is 9.59 Å². The lowest BCUT2D eigenvalue weighted by Gasteiger charge is -2.21. The summed E-state index contributed by atoms with van der Waals surface area (Å²) in [4.78, 5) is 24.4. The lowest BCUT2D eigenvalue weighted by Crippen LogP contribution is -2.23. The second-order valence-electron chi connectivity index (χ2n) is 9.01. The van der Waals surface area contributed by atoms with Crippen molar-refractivity contribution in [3.63, 3.8) is 0 Å². The second-order valence-corrected chi connectivity index (χ2v) is 9.01. The van der Waals surface area contributed by atoms with Crippen LogP contribution in [0.3, 0.4) is 0 Å². The number of carbonyl (C=O) groups is 2. The molecule has 0 saturated heterocycles. The van der Waals surface area contributed by atoms with Crippen molar-refractivity contribution < 1.29 is 19.1 Å². The Morgan fingerprint density at radius 1 is 1.19 bits per heavy atom. The van der Waals surface area contributed by atoms with Crippen LogP contribution in [0.4, 0.5) is 5.69 Å². The minimum atomic E-state index is -0.347. The van der Waals surface area contributed by atoms with E-state index in [4.69, 9.17) is 9.47 Å². The fourth-order valence-corrected chi connectivity index (χ4v) is 4.50. The normalized spacial score (nSPS) is 23.9. The lowest BCUT2D eigenvalue weighted by atomic mass is 9.86. The van der Waals surface area contributed by atoms with E-state index in [1.54, 1.807) is 7.11 Å². The van der Waals surface area contributed by atoms with E-state index in [1.165, 1.54) is 19.3 Å². The molecule has 1 aromatic rings. The molecule has 0 heterocycles. The van der Waals surface area contributed by atoms with Crippen LogP contribution >= 0.6 is 0 Å². The summed E-state index contributed by atoms with van der Waals surface area (Å²) in [7, 11) is 1.57. The van der Waals surface area contributed by atoms with Gasteiger partial charge in [-0.3, -0.25) is 9.59 Å². The van der Waals surface area contributed by atoms with Crippen molar-refractivity contribution >= 4 is 17.6 Å². The lowest BCUT2D eigenvalue weighted by molar-refractivity contribution is -0.148. The summed E-state index contributed by atoms with van der Waals surface area (Å²) in [5, 5.41) is 2.81. The molecule has 1 aromatic carbocycles. The van der Waals surface area contributed by atoms with Gasteiger partial charge in [0.25, 0.3) is 5.91 Å². The molecule has 0 spiro atoms. The van der Waals surface area contributed by atoms with Gasteiger partial charge in [-0.15, -0.1) is 0 Å². The Morgan fingerprint density at radius 2 is 1.96 bits per heavy atom. The molecule has 2 fully saturated rings. The molecule has 2 saturated carbocycles. The molecular formula is C22H31NO4. The predicted molar refractivity (Wildman–Crippen MR) is 105 cm³/mol. The Bertz CT molecular complexity index is 707. The van der Waals surface area contributed by atoms with E-state index < -0.39 is 0 Å². The van der Waals surface area contributed by atoms with E-state index in [-0.39, 0.29) is 23.9 Å². The van der Waals surface area contributed by atoms with Gasteiger partial charge < -0.3 is 14.8 Å². The number of esters is 1. The summed E-state index contributed by atoms with van der Waals surface area (Å²) in [6.45, 7) is 6.07. The zero-order chi connectivity index (χ0) is 19.6. The van der Waals surface area contributed by atoms with Crippen LogP contribution in [-0.4, -0.2) is 25.6 Å². The van der Waals surface area contributed by atoms with Crippen molar-refractivity contribution in [2.24, 2.45) is 17.8 Å². The minimum Gasteiger partial charge on any atom is -0.495 e. The van der Waals surface area contributed by atoms with Crippen LogP contribution in [0.25, 0.3) is 0 Å². The molecule has 2 aliphatic rings. The van der Waals surface area contributed by atoms with Gasteiger partial charge in [0.15, 0.2) is 6.61 Å². The Hall–Kier alpha value is -2.04. The maximum atomic E-state index is 12.3. The summed E-state index contributed by atoms with van der Waals surface area (Å²) in [5.74, 6) is 1.91. The second kappa shape index (κ2) is 7.91. The SMILES string of the molecule is COc1ccc(C(C)(C)C)cc1NC(=O)COC(=O)C[C@@H]1C[C@H]2CC[C@H]1C2. The highest BCUT2D eigenvalue weighted by molar-refractivity contribution is 5.94. The molecule has 0 unspecified atom stereocenters. The highest BCUT2D eigenvalue weighted by Gasteiger charge is 2.40. The van der Waals surface area contributed by atoms with Gasteiger partial charge in [0.1, 0.15) is 5.75 Å². The molecule has 148 valence electrons. The standard InChI is InChI=1S/C22H31NO4/c1-22(2,3)17-7-8-19(26-4)18(12-17)23-20(24)13-27-21(25)11-16-10-14-5-6-15(16)9-14/h7-8,12,14-16H,5-6,9-11,13H2,1-4H3,(H,23,24)/t14-,15-,16-/m0/s1. The number of benzene rings is 1. The minimum absolute atomic E-state index is 0.0428. The van der Waals surface area contributed by atoms with Crippen LogP contribution in [0.1, 0.15) is 58.4 Å². The number of hydrogen-bond acceptors (Lipinski definition) is 4. The molecule has 27 heavy (non-hydrogen) atoms. The van der Waals surface area contributed by atoms with Gasteiger partial charge in [-0.2, -0.15) is 0 Å². The van der Waals surface area contributed by atoms with Gasteiger partial charge in [0, 0.05) is 6.42 Å². The summed E-state index contributed by atoms with van der Waals surface area (Å²) in [6, 6.07) is 5.75. The molecule has 3 atom stereocenters. The van der Waals surface area contributed by atoms with Crippen molar-refractivity contribution in [3.05, 3.63) is 23.8 Å². The van der Waals surface area contributed by atoms with Crippen molar-refractivity contribution in [3.8, 4) is 5.75 Å². The van der Waals surface area contributed by atoms with Gasteiger partial charge >= 0.3 is 5.97 Å². The number of amides is 1. The van der Waals surface area contributed by atoms with E-state index in [1.807, 2.05) is 18.2 Å². The maximum absolute atomic E-state index is 12.3. The highest BCUT2D eigenvalue weighted by atomic mass is 16.5. The number of methoxy groups -OCH3 is 1. The highest BCUT2D eigenvalue weighted by Crippen LogP contribution is 2.49. The maximum Gasteiger partial charge on any atom is 0.306 e. The van der Waals surface area contributed by atoms with Gasteiger partial charge in [-0.1, -0.05) is 33.3 Å². The van der Waals surface area contributed by atoms with Crippen molar-refractivity contribution in [1.29, 1.82) is 0 Å². The van der Waals surface area contributed by atoms with Crippen LogP contribution in [0.2, 0.25) is 0 Å². The Morgan fingerprint density at radius 3 is 2.56 bits per heavy atom. The smallest absolute Gasteiger partial charge is 0.306 e. The van der Waals surface area contributed by atoms with Crippen LogP contribution in [0.5, 0.6) is 5.75 Å². The van der Waals surface area contributed by atoms with Crippen LogP contribution < -0.4 is 10.1 Å². The zero-order valence-corrected chi connectivity index (χ0v) is 16.8. The Balaban J connectivity index is 1.52. The summed E-state index contributed by atoms with van der Waals surface area (Å²) >= 11 is 0. The Kier molecular flexibility index (Phi) is 5.78. The zero-order valence-electron chi connectivity index (χ0n) is 16.8. The predicted octanol–water partition coefficient (Wildman–Crippen LogP) is 4.30. The first-order valence-electron chi connectivity index (χ1n) is 9.90. The molecule has 3 rings (SSSR count). The number of ether oxygens (including phenoxy) is 2. The monoisotopic (exact) mass is 373 g/mol. The van der Waals surface area contributed by atoms with Crippen molar-refractivity contribution in [2.45, 2.75) is 58.3 Å². The van der Waals surface area contributed by atoms with Gasteiger partial charge in [-0.05, 0) is 60.1 Å². The molecule has 0 aromatic heterocycles. The van der Waals surface area contributed by atoms with E-state index >= 15 is 0 Å². The molecular weight excluding hydrogens is 342 g/mol. The van der Waals surface area contributed by atoms with Crippen LogP contribution in [0, 0.1) is 17.8 Å². The molecule has 5 nitrogen and oxygen atoms in total. The third-order valence-corrected chi connectivity index (χ3v) is 6.02. The topological polar surface area (TPSA) is 64.6 Å². The number of rotatable bonds is 6. The van der Waals surface area contributed by atoms with Crippen molar-refractivity contribution in [2.75, 3.05) is 19.0 Å². The third-order valence-electron chi connectivity index (χ3n) is 6.02. The number of hydrogen-bond donors (Lipinski definition) is 1.